The van der Waals surface area contributed by atoms with Crippen molar-refractivity contribution in [1.82, 2.24) is 9.97 Å². The standard InChI is InChI=1S/C9H6Cl2N2O/c10-3-5-1-2-6-8(13-4-12-6)7(5)9(11)14/h1-2,4H,3H2,(H,12,13). The van der Waals surface area contributed by atoms with Crippen LogP contribution in [0, 0.1) is 0 Å². The van der Waals surface area contributed by atoms with E-state index in [0.717, 1.165) is 5.52 Å². The van der Waals surface area contributed by atoms with E-state index < -0.39 is 5.24 Å². The van der Waals surface area contributed by atoms with Crippen LogP contribution in [-0.4, -0.2) is 15.2 Å². The van der Waals surface area contributed by atoms with Crippen LogP contribution < -0.4 is 0 Å². The summed E-state index contributed by atoms with van der Waals surface area (Å²) < 4.78 is 0. The number of hydrogen-bond donors (Lipinski definition) is 1. The quantitative estimate of drug-likeness (QED) is 0.635. The molecule has 1 heterocycles. The number of aromatic amines is 1. The van der Waals surface area contributed by atoms with E-state index in [9.17, 15) is 4.79 Å². The minimum absolute atomic E-state index is 0.247. The smallest absolute Gasteiger partial charge is 0.254 e. The number of halogens is 2. The first kappa shape index (κ1) is 9.49. The molecular formula is C9H6Cl2N2O. The number of alkyl halides is 1. The van der Waals surface area contributed by atoms with E-state index in [0.29, 0.717) is 16.6 Å². The first-order valence-electron chi connectivity index (χ1n) is 3.95. The number of nitrogens with one attached hydrogen (secondary N) is 1. The molecule has 0 aliphatic heterocycles. The van der Waals surface area contributed by atoms with Gasteiger partial charge in [0, 0.05) is 5.88 Å². The fraction of sp³-hybridized carbons (Fsp3) is 0.111. The number of aromatic nitrogens is 2. The van der Waals surface area contributed by atoms with Crippen LogP contribution in [-0.2, 0) is 5.88 Å². The van der Waals surface area contributed by atoms with Gasteiger partial charge in [0.15, 0.2) is 0 Å². The van der Waals surface area contributed by atoms with Gasteiger partial charge in [-0.25, -0.2) is 4.98 Å². The Bertz CT molecular complexity index is 493. The van der Waals surface area contributed by atoms with E-state index in [2.05, 4.69) is 9.97 Å². The second-order valence-corrected chi connectivity index (χ2v) is 3.42. The average molecular weight is 229 g/mol. The Hall–Kier alpha value is -1.06. The number of benzene rings is 1. The van der Waals surface area contributed by atoms with Gasteiger partial charge in [0.1, 0.15) is 5.52 Å². The van der Waals surface area contributed by atoms with Gasteiger partial charge < -0.3 is 4.98 Å². The van der Waals surface area contributed by atoms with Gasteiger partial charge in [-0.2, -0.15) is 0 Å². The van der Waals surface area contributed by atoms with E-state index in [1.54, 1.807) is 6.07 Å². The molecule has 14 heavy (non-hydrogen) atoms. The highest BCUT2D eigenvalue weighted by Gasteiger charge is 2.14. The average Bonchev–Trinajstić information content (AvgIpc) is 2.62. The Balaban J connectivity index is 2.82. The van der Waals surface area contributed by atoms with Crippen molar-refractivity contribution in [3.8, 4) is 0 Å². The lowest BCUT2D eigenvalue weighted by Crippen LogP contribution is -1.97. The van der Waals surface area contributed by atoms with E-state index in [4.69, 9.17) is 23.2 Å². The maximum atomic E-state index is 11.2. The molecule has 0 atom stereocenters. The minimum Gasteiger partial charge on any atom is -0.345 e. The highest BCUT2D eigenvalue weighted by molar-refractivity contribution is 6.68. The summed E-state index contributed by atoms with van der Waals surface area (Å²) in [6.07, 6.45) is 1.52. The van der Waals surface area contributed by atoms with Crippen molar-refractivity contribution in [2.45, 2.75) is 5.88 Å². The monoisotopic (exact) mass is 228 g/mol. The summed E-state index contributed by atoms with van der Waals surface area (Å²) in [6, 6.07) is 3.59. The number of imidazole rings is 1. The molecule has 0 aliphatic carbocycles. The molecule has 0 aliphatic rings. The highest BCUT2D eigenvalue weighted by Crippen LogP contribution is 2.22. The Labute approximate surface area is 90.0 Å². The molecule has 1 N–H and O–H groups in total. The zero-order chi connectivity index (χ0) is 10.1. The Morgan fingerprint density at radius 2 is 2.29 bits per heavy atom. The predicted molar refractivity (Wildman–Crippen MR) is 55.8 cm³/mol. The second-order valence-electron chi connectivity index (χ2n) is 2.81. The van der Waals surface area contributed by atoms with Crippen molar-refractivity contribution in [2.75, 3.05) is 0 Å². The van der Waals surface area contributed by atoms with Crippen molar-refractivity contribution in [2.24, 2.45) is 0 Å². The van der Waals surface area contributed by atoms with Crippen LogP contribution >= 0.6 is 23.2 Å². The maximum Gasteiger partial charge on any atom is 0.254 e. The first-order valence-corrected chi connectivity index (χ1v) is 4.86. The summed E-state index contributed by atoms with van der Waals surface area (Å²) in [5.41, 5.74) is 2.44. The van der Waals surface area contributed by atoms with Crippen molar-refractivity contribution >= 4 is 39.5 Å². The van der Waals surface area contributed by atoms with E-state index in [-0.39, 0.29) is 5.88 Å². The molecule has 72 valence electrons. The minimum atomic E-state index is -0.529. The summed E-state index contributed by atoms with van der Waals surface area (Å²) in [7, 11) is 0. The number of carbonyl (C=O) groups excluding carboxylic acids is 1. The molecule has 0 saturated carbocycles. The second kappa shape index (κ2) is 3.59. The van der Waals surface area contributed by atoms with Crippen LogP contribution in [0.5, 0.6) is 0 Å². The maximum absolute atomic E-state index is 11.2. The molecule has 2 aromatic rings. The third kappa shape index (κ3) is 1.38. The summed E-state index contributed by atoms with van der Waals surface area (Å²) in [5, 5.41) is -0.529. The van der Waals surface area contributed by atoms with Gasteiger partial charge in [-0.15, -0.1) is 11.6 Å². The van der Waals surface area contributed by atoms with Crippen molar-refractivity contribution < 1.29 is 4.79 Å². The van der Waals surface area contributed by atoms with Crippen LogP contribution in [0.3, 0.4) is 0 Å². The fourth-order valence-electron chi connectivity index (χ4n) is 1.38. The Morgan fingerprint density at radius 3 is 2.93 bits per heavy atom. The van der Waals surface area contributed by atoms with Crippen molar-refractivity contribution in [1.29, 1.82) is 0 Å². The van der Waals surface area contributed by atoms with Gasteiger partial charge >= 0.3 is 0 Å². The van der Waals surface area contributed by atoms with E-state index in [1.165, 1.54) is 6.33 Å². The van der Waals surface area contributed by atoms with Gasteiger partial charge in [-0.05, 0) is 23.2 Å². The zero-order valence-electron chi connectivity index (χ0n) is 7.05. The number of nitrogens with zero attached hydrogens (tertiary/aromatic N) is 1. The predicted octanol–water partition coefficient (Wildman–Crippen LogP) is 2.68. The van der Waals surface area contributed by atoms with Crippen LogP contribution in [0.25, 0.3) is 11.0 Å². The molecule has 3 nitrogen and oxygen atoms in total. The SMILES string of the molecule is O=C(Cl)c1c(CCl)ccc2[nH]cnc12. The van der Waals surface area contributed by atoms with Gasteiger partial charge in [0.25, 0.3) is 5.24 Å². The number of H-pyrrole nitrogens is 1. The number of fused-ring (bicyclic) bond motifs is 1. The lowest BCUT2D eigenvalue weighted by Gasteiger charge is -2.02. The topological polar surface area (TPSA) is 45.8 Å². The number of hydrogen-bond acceptors (Lipinski definition) is 2. The highest BCUT2D eigenvalue weighted by atomic mass is 35.5. The molecule has 0 fully saturated rings. The molecule has 0 spiro atoms. The van der Waals surface area contributed by atoms with Gasteiger partial charge in [-0.3, -0.25) is 4.79 Å². The van der Waals surface area contributed by atoms with Crippen LogP contribution in [0.15, 0.2) is 18.5 Å². The van der Waals surface area contributed by atoms with Gasteiger partial charge in [-0.1, -0.05) is 6.07 Å². The zero-order valence-corrected chi connectivity index (χ0v) is 8.56. The van der Waals surface area contributed by atoms with Gasteiger partial charge in [0.05, 0.1) is 17.4 Å². The van der Waals surface area contributed by atoms with E-state index in [1.807, 2.05) is 6.07 Å². The summed E-state index contributed by atoms with van der Waals surface area (Å²) in [4.78, 5) is 18.1. The Morgan fingerprint density at radius 1 is 1.50 bits per heavy atom. The van der Waals surface area contributed by atoms with Crippen LogP contribution in [0.1, 0.15) is 15.9 Å². The molecule has 1 aromatic heterocycles. The lowest BCUT2D eigenvalue weighted by atomic mass is 10.1. The third-order valence-corrected chi connectivity index (χ3v) is 2.50. The largest absolute Gasteiger partial charge is 0.345 e. The molecular weight excluding hydrogens is 223 g/mol. The van der Waals surface area contributed by atoms with Crippen molar-refractivity contribution in [3.05, 3.63) is 29.6 Å². The third-order valence-electron chi connectivity index (χ3n) is 2.02. The number of carbonyl (C=O) groups is 1. The van der Waals surface area contributed by atoms with Gasteiger partial charge in [0.2, 0.25) is 0 Å². The van der Waals surface area contributed by atoms with Crippen LogP contribution in [0.2, 0.25) is 0 Å². The molecule has 2 rings (SSSR count). The normalized spacial score (nSPS) is 10.7. The Kier molecular flexibility index (Phi) is 2.44. The molecule has 1 aromatic carbocycles. The molecule has 5 heteroatoms. The van der Waals surface area contributed by atoms with Crippen molar-refractivity contribution in [3.63, 3.8) is 0 Å². The molecule has 0 radical (unpaired) electrons. The van der Waals surface area contributed by atoms with E-state index >= 15 is 0 Å². The lowest BCUT2D eigenvalue weighted by molar-refractivity contribution is 0.108. The number of rotatable bonds is 2. The molecule has 0 bridgehead atoms. The first-order chi connectivity index (χ1) is 6.74. The fourth-order valence-corrected chi connectivity index (χ4v) is 1.81. The molecule has 0 unspecified atom stereocenters. The summed E-state index contributed by atoms with van der Waals surface area (Å²) in [5.74, 6) is 0.247. The summed E-state index contributed by atoms with van der Waals surface area (Å²) in [6.45, 7) is 0. The molecule has 0 saturated heterocycles. The summed E-state index contributed by atoms with van der Waals surface area (Å²) >= 11 is 11.2. The molecule has 0 amide bonds. The van der Waals surface area contributed by atoms with Crippen LogP contribution in [0.4, 0.5) is 0 Å².